The van der Waals surface area contributed by atoms with Crippen molar-refractivity contribution in [2.45, 2.75) is 5.41 Å². The van der Waals surface area contributed by atoms with Gasteiger partial charge in [-0.3, -0.25) is 0 Å². The van der Waals surface area contributed by atoms with Crippen LogP contribution in [0, 0.1) is 0 Å². The molecule has 0 bridgehead atoms. The SMILES string of the molecule is c1ccc(-c2ccc(N(c3ccc4c(c3)c3ccccc3n4-c3ccc4c(c3)C3(c5ccccc5-4)c4ccccc4-c4c3ccc3oc5ccccc5c43)c3cccc4c3oc3ccccc34)cc2)cc1. The van der Waals surface area contributed by atoms with E-state index in [1.807, 2.05) is 6.07 Å². The molecule has 3 heterocycles. The van der Waals surface area contributed by atoms with Crippen LogP contribution in [0.5, 0.6) is 0 Å². The van der Waals surface area contributed by atoms with Crippen molar-refractivity contribution in [2.75, 3.05) is 4.90 Å². The maximum atomic E-state index is 6.75. The van der Waals surface area contributed by atoms with Crippen molar-refractivity contribution >= 4 is 82.7 Å². The van der Waals surface area contributed by atoms with Crippen LogP contribution in [-0.2, 0) is 5.41 Å². The molecule has 0 saturated heterocycles. The Morgan fingerprint density at radius 1 is 0.352 bits per heavy atom. The molecule has 2 aliphatic carbocycles. The molecule has 14 aromatic rings. The van der Waals surface area contributed by atoms with E-state index in [-0.39, 0.29) is 0 Å². The number of furan rings is 2. The Morgan fingerprint density at radius 2 is 0.986 bits per heavy atom. The van der Waals surface area contributed by atoms with Gasteiger partial charge in [0, 0.05) is 49.4 Å². The molecule has 0 fully saturated rings. The zero-order chi connectivity index (χ0) is 46.4. The van der Waals surface area contributed by atoms with E-state index in [9.17, 15) is 0 Å². The van der Waals surface area contributed by atoms with Crippen molar-refractivity contribution in [3.05, 3.63) is 265 Å². The van der Waals surface area contributed by atoms with Gasteiger partial charge in [0.1, 0.15) is 16.7 Å². The Kier molecular flexibility index (Phi) is 7.79. The standard InChI is InChI=1S/C67H40N2O2/c1-2-15-41(16-3-1)42-29-31-43(32-30-42)68(60-26-14-22-50-49-19-7-12-27-61(49)71-66(50)60)44-34-37-59-53(39-44)48-18-6-11-25-58(48)69(59)45-33-35-47-46-17-4-9-23-54(46)67(57(47)40-45)55-24-10-5-20-51(55)64-56(67)36-38-63-65(64)52-21-8-13-28-62(52)70-63/h1-40H. The molecule has 4 heteroatoms. The van der Waals surface area contributed by atoms with Crippen LogP contribution in [0.2, 0.25) is 0 Å². The summed E-state index contributed by atoms with van der Waals surface area (Å²) in [7, 11) is 0. The molecule has 0 N–H and O–H groups in total. The molecule has 71 heavy (non-hydrogen) atoms. The van der Waals surface area contributed by atoms with Gasteiger partial charge in [-0.25, -0.2) is 0 Å². The van der Waals surface area contributed by atoms with Crippen LogP contribution < -0.4 is 4.90 Å². The minimum Gasteiger partial charge on any atom is -0.456 e. The number of hydrogen-bond acceptors (Lipinski definition) is 3. The maximum Gasteiger partial charge on any atom is 0.159 e. The predicted octanol–water partition coefficient (Wildman–Crippen LogP) is 18.1. The minimum atomic E-state index is -0.541. The number of fused-ring (bicyclic) bond motifs is 20. The molecule has 1 atom stereocenters. The molecule has 0 saturated carbocycles. The van der Waals surface area contributed by atoms with E-state index >= 15 is 0 Å². The van der Waals surface area contributed by atoms with Crippen LogP contribution in [0.15, 0.2) is 251 Å². The predicted molar refractivity (Wildman–Crippen MR) is 292 cm³/mol. The number of aromatic nitrogens is 1. The van der Waals surface area contributed by atoms with Gasteiger partial charge in [0.25, 0.3) is 0 Å². The molecule has 2 aliphatic rings. The lowest BCUT2D eigenvalue weighted by molar-refractivity contribution is 0.668. The molecule has 330 valence electrons. The van der Waals surface area contributed by atoms with Gasteiger partial charge in [-0.15, -0.1) is 0 Å². The topological polar surface area (TPSA) is 34.5 Å². The highest BCUT2D eigenvalue weighted by Gasteiger charge is 2.52. The number of para-hydroxylation sites is 4. The largest absolute Gasteiger partial charge is 0.456 e. The molecule has 0 radical (unpaired) electrons. The summed E-state index contributed by atoms with van der Waals surface area (Å²) in [6, 6.07) is 88.5. The summed E-state index contributed by atoms with van der Waals surface area (Å²) in [4.78, 5) is 2.36. The fourth-order valence-corrected chi connectivity index (χ4v) is 12.7. The van der Waals surface area contributed by atoms with Crippen molar-refractivity contribution in [1.82, 2.24) is 4.57 Å². The first kappa shape index (κ1) is 38.6. The maximum absolute atomic E-state index is 6.75. The fourth-order valence-electron chi connectivity index (χ4n) is 12.7. The van der Waals surface area contributed by atoms with E-state index < -0.39 is 5.41 Å². The summed E-state index contributed by atoms with van der Waals surface area (Å²) in [5, 5.41) is 6.89. The monoisotopic (exact) mass is 904 g/mol. The lowest BCUT2D eigenvalue weighted by atomic mass is 9.70. The van der Waals surface area contributed by atoms with Gasteiger partial charge in [-0.1, -0.05) is 170 Å². The van der Waals surface area contributed by atoms with E-state index in [1.165, 1.54) is 71.8 Å². The number of nitrogens with zero attached hydrogens (tertiary/aromatic N) is 2. The molecule has 16 rings (SSSR count). The van der Waals surface area contributed by atoms with Crippen LogP contribution >= 0.6 is 0 Å². The molecular formula is C67H40N2O2. The van der Waals surface area contributed by atoms with Gasteiger partial charge in [0.15, 0.2) is 5.58 Å². The van der Waals surface area contributed by atoms with Gasteiger partial charge < -0.3 is 18.3 Å². The van der Waals surface area contributed by atoms with E-state index in [4.69, 9.17) is 8.83 Å². The van der Waals surface area contributed by atoms with Gasteiger partial charge in [0.2, 0.25) is 0 Å². The molecule has 1 spiro atoms. The van der Waals surface area contributed by atoms with Crippen LogP contribution in [0.4, 0.5) is 17.1 Å². The van der Waals surface area contributed by atoms with Crippen molar-refractivity contribution < 1.29 is 8.83 Å². The van der Waals surface area contributed by atoms with Crippen LogP contribution in [0.3, 0.4) is 0 Å². The summed E-state index contributed by atoms with van der Waals surface area (Å²) >= 11 is 0. The van der Waals surface area contributed by atoms with Crippen molar-refractivity contribution in [2.24, 2.45) is 0 Å². The Bertz CT molecular complexity index is 4530. The third kappa shape index (κ3) is 5.18. The second kappa shape index (κ2) is 14.3. The summed E-state index contributed by atoms with van der Waals surface area (Å²) in [6.07, 6.45) is 0. The number of rotatable bonds is 5. The van der Waals surface area contributed by atoms with Crippen LogP contribution in [-0.4, -0.2) is 4.57 Å². The molecule has 0 amide bonds. The van der Waals surface area contributed by atoms with Crippen molar-refractivity contribution in [3.8, 4) is 39.1 Å². The smallest absolute Gasteiger partial charge is 0.159 e. The average molecular weight is 905 g/mol. The zero-order valence-electron chi connectivity index (χ0n) is 38.3. The first-order chi connectivity index (χ1) is 35.2. The Balaban J connectivity index is 0.919. The second-order valence-corrected chi connectivity index (χ2v) is 19.1. The molecular weight excluding hydrogens is 865 g/mol. The highest BCUT2D eigenvalue weighted by atomic mass is 16.3. The first-order valence-electron chi connectivity index (χ1n) is 24.4. The highest BCUT2D eigenvalue weighted by Crippen LogP contribution is 2.64. The van der Waals surface area contributed by atoms with Crippen LogP contribution in [0.1, 0.15) is 22.3 Å². The molecule has 0 aliphatic heterocycles. The Hall–Kier alpha value is -9.38. The molecule has 11 aromatic carbocycles. The minimum absolute atomic E-state index is 0.541. The first-order valence-corrected chi connectivity index (χ1v) is 24.4. The number of anilines is 3. The molecule has 3 aromatic heterocycles. The lowest BCUT2D eigenvalue weighted by Crippen LogP contribution is -2.26. The van der Waals surface area contributed by atoms with Gasteiger partial charge in [0.05, 0.1) is 22.1 Å². The summed E-state index contributed by atoms with van der Waals surface area (Å²) in [5.41, 5.74) is 22.1. The van der Waals surface area contributed by atoms with Gasteiger partial charge in [-0.05, 0) is 128 Å². The van der Waals surface area contributed by atoms with E-state index in [2.05, 4.69) is 246 Å². The van der Waals surface area contributed by atoms with E-state index in [1.54, 1.807) is 0 Å². The lowest BCUT2D eigenvalue weighted by Gasteiger charge is -2.30. The molecule has 1 unspecified atom stereocenters. The van der Waals surface area contributed by atoms with Gasteiger partial charge in [-0.2, -0.15) is 0 Å². The van der Waals surface area contributed by atoms with E-state index in [0.717, 1.165) is 72.3 Å². The number of benzene rings is 11. The van der Waals surface area contributed by atoms with Crippen LogP contribution in [0.25, 0.3) is 105 Å². The number of hydrogen-bond donors (Lipinski definition) is 0. The Labute approximate surface area is 408 Å². The van der Waals surface area contributed by atoms with E-state index in [0.29, 0.717) is 0 Å². The average Bonchev–Trinajstić information content (AvgIpc) is 4.24. The zero-order valence-corrected chi connectivity index (χ0v) is 38.3. The van der Waals surface area contributed by atoms with Crippen molar-refractivity contribution in [3.63, 3.8) is 0 Å². The third-order valence-corrected chi connectivity index (χ3v) is 15.6. The second-order valence-electron chi connectivity index (χ2n) is 19.1. The quantitative estimate of drug-likeness (QED) is 0.173. The Morgan fingerprint density at radius 3 is 1.83 bits per heavy atom. The normalized spacial score (nSPS) is 14.5. The van der Waals surface area contributed by atoms with Gasteiger partial charge >= 0.3 is 0 Å². The third-order valence-electron chi connectivity index (χ3n) is 15.6. The summed E-state index contributed by atoms with van der Waals surface area (Å²) < 4.78 is 15.8. The summed E-state index contributed by atoms with van der Waals surface area (Å²) in [5.74, 6) is 0. The summed E-state index contributed by atoms with van der Waals surface area (Å²) in [6.45, 7) is 0. The fraction of sp³-hybridized carbons (Fsp3) is 0.0149. The highest BCUT2D eigenvalue weighted by molar-refractivity contribution is 6.17. The van der Waals surface area contributed by atoms with Crippen molar-refractivity contribution in [1.29, 1.82) is 0 Å². The molecule has 4 nitrogen and oxygen atoms in total.